The number of rotatable bonds is 4. The zero-order valence-electron chi connectivity index (χ0n) is 12.5. The largest absolute Gasteiger partial charge is 0.456 e. The molecular formula is C17H12N2O4S. The Hall–Kier alpha value is -2.93. The van der Waals surface area contributed by atoms with Gasteiger partial charge in [-0.05, 0) is 30.3 Å². The first-order valence-corrected chi connectivity index (χ1v) is 8.10. The number of nitrogens with zero attached hydrogens (tertiary/aromatic N) is 2. The summed E-state index contributed by atoms with van der Waals surface area (Å²) in [5, 5.41) is 2.65. The van der Waals surface area contributed by atoms with Crippen molar-refractivity contribution in [1.29, 1.82) is 0 Å². The van der Waals surface area contributed by atoms with Gasteiger partial charge in [-0.25, -0.2) is 9.78 Å². The third-order valence-electron chi connectivity index (χ3n) is 3.40. The van der Waals surface area contributed by atoms with Gasteiger partial charge in [0.1, 0.15) is 11.6 Å². The van der Waals surface area contributed by atoms with Gasteiger partial charge in [-0.15, -0.1) is 11.3 Å². The third-order valence-corrected chi connectivity index (χ3v) is 4.31. The number of hydrogen-bond acceptors (Lipinski definition) is 7. The average molecular weight is 340 g/mol. The van der Waals surface area contributed by atoms with Crippen LogP contribution in [0.15, 0.2) is 48.0 Å². The first-order valence-electron chi connectivity index (χ1n) is 7.22. The van der Waals surface area contributed by atoms with Crippen LogP contribution in [0.3, 0.4) is 0 Å². The van der Waals surface area contributed by atoms with E-state index in [9.17, 15) is 4.79 Å². The summed E-state index contributed by atoms with van der Waals surface area (Å²) >= 11 is 1.46. The summed E-state index contributed by atoms with van der Waals surface area (Å²) in [5.74, 6) is 0.752. The van der Waals surface area contributed by atoms with E-state index in [4.69, 9.17) is 14.2 Å². The van der Waals surface area contributed by atoms with Crippen LogP contribution >= 0.6 is 11.3 Å². The van der Waals surface area contributed by atoms with E-state index < -0.39 is 5.97 Å². The summed E-state index contributed by atoms with van der Waals surface area (Å²) in [6, 6.07) is 10.6. The lowest BCUT2D eigenvalue weighted by atomic mass is 10.2. The highest BCUT2D eigenvalue weighted by molar-refractivity contribution is 7.13. The van der Waals surface area contributed by atoms with Gasteiger partial charge in [-0.2, -0.15) is 0 Å². The molecule has 7 heteroatoms. The maximum absolute atomic E-state index is 12.1. The van der Waals surface area contributed by atoms with Gasteiger partial charge in [0.15, 0.2) is 11.5 Å². The van der Waals surface area contributed by atoms with Crippen molar-refractivity contribution in [2.75, 3.05) is 6.79 Å². The number of carbonyl (C=O) groups is 1. The highest BCUT2D eigenvalue weighted by Gasteiger charge is 2.17. The van der Waals surface area contributed by atoms with Crippen molar-refractivity contribution in [2.45, 2.75) is 6.61 Å². The Labute approximate surface area is 141 Å². The van der Waals surface area contributed by atoms with Crippen LogP contribution in [-0.2, 0) is 11.3 Å². The lowest BCUT2D eigenvalue weighted by Gasteiger charge is -2.04. The van der Waals surface area contributed by atoms with Crippen molar-refractivity contribution in [3.8, 4) is 22.2 Å². The van der Waals surface area contributed by atoms with E-state index in [1.54, 1.807) is 24.4 Å². The SMILES string of the molecule is O=C(OCc1csc(-c2ccccn2)n1)c1ccc2c(c1)OCO2. The average Bonchev–Trinajstić information content (AvgIpc) is 3.29. The molecule has 0 bridgehead atoms. The molecule has 24 heavy (non-hydrogen) atoms. The van der Waals surface area contributed by atoms with Crippen molar-refractivity contribution >= 4 is 17.3 Å². The van der Waals surface area contributed by atoms with E-state index >= 15 is 0 Å². The number of ether oxygens (including phenoxy) is 3. The second-order valence-corrected chi connectivity index (χ2v) is 5.86. The Morgan fingerprint density at radius 1 is 1.21 bits per heavy atom. The highest BCUT2D eigenvalue weighted by atomic mass is 32.1. The van der Waals surface area contributed by atoms with Gasteiger partial charge in [-0.1, -0.05) is 6.07 Å². The van der Waals surface area contributed by atoms with Crippen molar-refractivity contribution in [1.82, 2.24) is 9.97 Å². The van der Waals surface area contributed by atoms with Crippen molar-refractivity contribution in [3.05, 3.63) is 59.2 Å². The second kappa shape index (κ2) is 6.29. The normalized spacial score (nSPS) is 12.2. The monoisotopic (exact) mass is 340 g/mol. The third kappa shape index (κ3) is 2.93. The molecule has 3 aromatic rings. The van der Waals surface area contributed by atoms with Crippen LogP contribution in [0.5, 0.6) is 11.5 Å². The molecule has 0 amide bonds. The van der Waals surface area contributed by atoms with Gasteiger partial charge in [0.2, 0.25) is 6.79 Å². The van der Waals surface area contributed by atoms with E-state index in [-0.39, 0.29) is 13.4 Å². The molecule has 0 saturated heterocycles. The topological polar surface area (TPSA) is 70.5 Å². The number of esters is 1. The molecule has 1 aliphatic heterocycles. The molecule has 1 aromatic carbocycles. The predicted octanol–water partition coefficient (Wildman–Crippen LogP) is 3.29. The van der Waals surface area contributed by atoms with E-state index in [0.29, 0.717) is 22.8 Å². The molecule has 6 nitrogen and oxygen atoms in total. The summed E-state index contributed by atoms with van der Waals surface area (Å²) in [6.45, 7) is 0.277. The first kappa shape index (κ1) is 14.6. The van der Waals surface area contributed by atoms with Gasteiger partial charge in [0.05, 0.1) is 17.0 Å². The Morgan fingerprint density at radius 3 is 3.00 bits per heavy atom. The van der Waals surface area contributed by atoms with Crippen molar-refractivity contribution in [3.63, 3.8) is 0 Å². The second-order valence-electron chi connectivity index (χ2n) is 5.00. The molecule has 0 fully saturated rings. The van der Waals surface area contributed by atoms with Crippen LogP contribution in [0.4, 0.5) is 0 Å². The van der Waals surface area contributed by atoms with Crippen LogP contribution < -0.4 is 9.47 Å². The van der Waals surface area contributed by atoms with E-state index in [1.807, 2.05) is 23.6 Å². The number of fused-ring (bicyclic) bond motifs is 1. The summed E-state index contributed by atoms with van der Waals surface area (Å²) in [7, 11) is 0. The number of pyridine rings is 1. The molecule has 0 atom stereocenters. The maximum atomic E-state index is 12.1. The number of thiazole rings is 1. The number of aromatic nitrogens is 2. The lowest BCUT2D eigenvalue weighted by Crippen LogP contribution is -2.05. The van der Waals surface area contributed by atoms with Crippen molar-refractivity contribution in [2.24, 2.45) is 0 Å². The molecule has 1 aliphatic rings. The van der Waals surface area contributed by atoms with Gasteiger partial charge in [0, 0.05) is 11.6 Å². The standard InChI is InChI=1S/C17H12N2O4S/c20-17(11-4-5-14-15(7-11)23-10-22-14)21-8-12-9-24-16(19-12)13-3-1-2-6-18-13/h1-7,9H,8,10H2. The summed E-state index contributed by atoms with van der Waals surface area (Å²) in [4.78, 5) is 20.8. The zero-order chi connectivity index (χ0) is 16.4. The Balaban J connectivity index is 1.42. The number of benzene rings is 1. The Bertz CT molecular complexity index is 879. The fourth-order valence-electron chi connectivity index (χ4n) is 2.23. The molecule has 0 unspecified atom stereocenters. The highest BCUT2D eigenvalue weighted by Crippen LogP contribution is 2.32. The minimum absolute atomic E-state index is 0.108. The van der Waals surface area contributed by atoms with Gasteiger partial charge >= 0.3 is 5.97 Å². The molecule has 0 radical (unpaired) electrons. The van der Waals surface area contributed by atoms with Crippen LogP contribution in [0.2, 0.25) is 0 Å². The van der Waals surface area contributed by atoms with Gasteiger partial charge in [-0.3, -0.25) is 4.98 Å². The summed E-state index contributed by atoms with van der Waals surface area (Å²) < 4.78 is 15.8. The fourth-order valence-corrected chi connectivity index (χ4v) is 3.01. The minimum atomic E-state index is -0.430. The maximum Gasteiger partial charge on any atom is 0.338 e. The zero-order valence-corrected chi connectivity index (χ0v) is 13.3. The van der Waals surface area contributed by atoms with Crippen molar-refractivity contribution < 1.29 is 19.0 Å². The molecule has 0 saturated carbocycles. The molecule has 2 aromatic heterocycles. The van der Waals surface area contributed by atoms with Crippen LogP contribution in [0.1, 0.15) is 16.1 Å². The Kier molecular flexibility index (Phi) is 3.84. The van der Waals surface area contributed by atoms with E-state index in [1.165, 1.54) is 11.3 Å². The number of carbonyl (C=O) groups excluding carboxylic acids is 1. The van der Waals surface area contributed by atoms with Crippen LogP contribution in [0.25, 0.3) is 10.7 Å². The summed E-state index contributed by atoms with van der Waals surface area (Å²) in [5.41, 5.74) is 1.91. The van der Waals surface area contributed by atoms with E-state index in [0.717, 1.165) is 10.7 Å². The molecule has 4 rings (SSSR count). The van der Waals surface area contributed by atoms with Gasteiger partial charge in [0.25, 0.3) is 0 Å². The van der Waals surface area contributed by atoms with Crippen LogP contribution in [0, 0.1) is 0 Å². The quantitative estimate of drug-likeness (QED) is 0.679. The van der Waals surface area contributed by atoms with Crippen LogP contribution in [-0.4, -0.2) is 22.7 Å². The number of hydrogen-bond donors (Lipinski definition) is 0. The molecular weight excluding hydrogens is 328 g/mol. The molecule has 0 N–H and O–H groups in total. The first-order chi connectivity index (χ1) is 11.8. The van der Waals surface area contributed by atoms with E-state index in [2.05, 4.69) is 9.97 Å². The molecule has 3 heterocycles. The Morgan fingerprint density at radius 2 is 2.12 bits per heavy atom. The molecule has 0 aliphatic carbocycles. The minimum Gasteiger partial charge on any atom is -0.456 e. The predicted molar refractivity (Wildman–Crippen MR) is 87.0 cm³/mol. The summed E-state index contributed by atoms with van der Waals surface area (Å²) in [6.07, 6.45) is 1.72. The lowest BCUT2D eigenvalue weighted by molar-refractivity contribution is 0.0468. The smallest absolute Gasteiger partial charge is 0.338 e. The van der Waals surface area contributed by atoms with Gasteiger partial charge < -0.3 is 14.2 Å². The molecule has 0 spiro atoms. The fraction of sp³-hybridized carbons (Fsp3) is 0.118. The molecule has 120 valence electrons.